The third-order valence-electron chi connectivity index (χ3n) is 1.15. The van der Waals surface area contributed by atoms with Crippen LogP contribution in [-0.2, 0) is 20.0 Å². The summed E-state index contributed by atoms with van der Waals surface area (Å²) in [5.41, 5.74) is 0. The summed E-state index contributed by atoms with van der Waals surface area (Å²) in [6, 6.07) is 0. The highest BCUT2D eigenvalue weighted by molar-refractivity contribution is 8.06. The molecule has 1 N–H and O–H groups in total. The molecule has 0 fully saturated rings. The number of alkyl halides is 1. The molecule has 0 saturated carbocycles. The standard InChI is InChI=1S/C4H9FO5S2/c1-11(6,7)4(2-3-5)12(8,9)10/h4H,2-3H2,1H3,(H,8,9,10). The largest absolute Gasteiger partial charge is 0.285 e. The van der Waals surface area contributed by atoms with Crippen molar-refractivity contribution in [2.24, 2.45) is 0 Å². The van der Waals surface area contributed by atoms with Gasteiger partial charge in [-0.3, -0.25) is 8.94 Å². The second kappa shape index (κ2) is 3.67. The van der Waals surface area contributed by atoms with Crippen molar-refractivity contribution in [3.8, 4) is 0 Å². The van der Waals surface area contributed by atoms with Gasteiger partial charge in [-0.05, 0) is 0 Å². The Hall–Kier alpha value is -0.210. The molecule has 0 aliphatic heterocycles. The molecule has 74 valence electrons. The predicted molar refractivity (Wildman–Crippen MR) is 40.8 cm³/mol. The maximum absolute atomic E-state index is 11.7. The van der Waals surface area contributed by atoms with E-state index in [1.54, 1.807) is 0 Å². The van der Waals surface area contributed by atoms with Crippen LogP contribution in [0.3, 0.4) is 0 Å². The number of hydrogen-bond acceptors (Lipinski definition) is 4. The van der Waals surface area contributed by atoms with E-state index >= 15 is 0 Å². The van der Waals surface area contributed by atoms with E-state index in [-0.39, 0.29) is 0 Å². The van der Waals surface area contributed by atoms with Gasteiger partial charge in [0.25, 0.3) is 10.1 Å². The van der Waals surface area contributed by atoms with E-state index in [1.807, 2.05) is 0 Å². The van der Waals surface area contributed by atoms with E-state index in [0.717, 1.165) is 0 Å². The number of sulfone groups is 1. The molecule has 0 heterocycles. The summed E-state index contributed by atoms with van der Waals surface area (Å²) >= 11 is 0. The summed E-state index contributed by atoms with van der Waals surface area (Å²) in [6.07, 6.45) is -0.112. The van der Waals surface area contributed by atoms with Crippen molar-refractivity contribution in [3.05, 3.63) is 0 Å². The Morgan fingerprint density at radius 2 is 1.75 bits per heavy atom. The van der Waals surface area contributed by atoms with Crippen LogP contribution in [0.15, 0.2) is 0 Å². The van der Waals surface area contributed by atoms with Crippen LogP contribution >= 0.6 is 0 Å². The monoisotopic (exact) mass is 220 g/mol. The Labute approximate surface area is 70.3 Å². The molecule has 8 heteroatoms. The summed E-state index contributed by atoms with van der Waals surface area (Å²) in [5, 5.41) is 0. The van der Waals surface area contributed by atoms with Gasteiger partial charge in [-0.15, -0.1) is 0 Å². The highest BCUT2D eigenvalue weighted by atomic mass is 32.3. The molecule has 0 aromatic carbocycles. The molecule has 1 atom stereocenters. The van der Waals surface area contributed by atoms with Crippen LogP contribution in [0.1, 0.15) is 6.42 Å². The van der Waals surface area contributed by atoms with Gasteiger partial charge in [0.05, 0.1) is 6.67 Å². The molecular formula is C4H9FO5S2. The maximum Gasteiger partial charge on any atom is 0.282 e. The summed E-state index contributed by atoms with van der Waals surface area (Å²) in [5.74, 6) is 0. The SMILES string of the molecule is CS(=O)(=O)C(CCF)S(=O)(=O)O. The van der Waals surface area contributed by atoms with Crippen molar-refractivity contribution in [2.45, 2.75) is 11.0 Å². The highest BCUT2D eigenvalue weighted by Gasteiger charge is 2.32. The zero-order valence-electron chi connectivity index (χ0n) is 6.27. The second-order valence-electron chi connectivity index (χ2n) is 2.25. The van der Waals surface area contributed by atoms with Crippen molar-refractivity contribution in [3.63, 3.8) is 0 Å². The Morgan fingerprint density at radius 3 is 1.83 bits per heavy atom. The van der Waals surface area contributed by atoms with Crippen LogP contribution in [0, 0.1) is 0 Å². The molecule has 0 aliphatic rings. The molecule has 12 heavy (non-hydrogen) atoms. The lowest BCUT2D eigenvalue weighted by atomic mass is 10.5. The summed E-state index contributed by atoms with van der Waals surface area (Å²) in [4.78, 5) is 0. The minimum atomic E-state index is -4.71. The lowest BCUT2D eigenvalue weighted by molar-refractivity contribution is 0.445. The molecule has 0 rings (SSSR count). The smallest absolute Gasteiger partial charge is 0.282 e. The minimum absolute atomic E-state index is 0.626. The van der Waals surface area contributed by atoms with Crippen LogP contribution < -0.4 is 0 Å². The molecule has 0 aromatic rings. The molecule has 0 radical (unpaired) electrons. The van der Waals surface area contributed by atoms with E-state index in [1.165, 1.54) is 0 Å². The minimum Gasteiger partial charge on any atom is -0.285 e. The third-order valence-corrected chi connectivity index (χ3v) is 5.02. The first-order chi connectivity index (χ1) is 5.19. The van der Waals surface area contributed by atoms with E-state index in [9.17, 15) is 21.2 Å². The van der Waals surface area contributed by atoms with Gasteiger partial charge in [0, 0.05) is 12.7 Å². The van der Waals surface area contributed by atoms with Gasteiger partial charge < -0.3 is 0 Å². The van der Waals surface area contributed by atoms with Crippen LogP contribution in [0.5, 0.6) is 0 Å². The molecule has 0 saturated heterocycles. The molecule has 1 unspecified atom stereocenters. The molecule has 5 nitrogen and oxygen atoms in total. The van der Waals surface area contributed by atoms with Crippen LogP contribution in [0.25, 0.3) is 0 Å². The average molecular weight is 220 g/mol. The Morgan fingerprint density at radius 1 is 1.33 bits per heavy atom. The fourth-order valence-electron chi connectivity index (χ4n) is 0.673. The van der Waals surface area contributed by atoms with Gasteiger partial charge in [-0.1, -0.05) is 0 Å². The number of rotatable bonds is 4. The van der Waals surface area contributed by atoms with Gasteiger partial charge in [0.1, 0.15) is 0 Å². The van der Waals surface area contributed by atoms with E-state index < -0.39 is 37.6 Å². The lowest BCUT2D eigenvalue weighted by Crippen LogP contribution is -2.29. The van der Waals surface area contributed by atoms with Gasteiger partial charge >= 0.3 is 0 Å². The fourth-order valence-corrected chi connectivity index (χ4v) is 3.34. The second-order valence-corrected chi connectivity index (χ2v) is 6.38. The first-order valence-electron chi connectivity index (χ1n) is 2.90. The molecule has 0 spiro atoms. The highest BCUT2D eigenvalue weighted by Crippen LogP contribution is 2.11. The van der Waals surface area contributed by atoms with E-state index in [2.05, 4.69) is 0 Å². The van der Waals surface area contributed by atoms with Gasteiger partial charge in [-0.2, -0.15) is 8.42 Å². The van der Waals surface area contributed by atoms with E-state index in [0.29, 0.717) is 6.26 Å². The Balaban J connectivity index is 4.97. The summed E-state index contributed by atoms with van der Waals surface area (Å²) in [6.45, 7) is -1.11. The van der Waals surface area contributed by atoms with Gasteiger partial charge in [0.15, 0.2) is 14.4 Å². The maximum atomic E-state index is 11.7. The van der Waals surface area contributed by atoms with Crippen molar-refractivity contribution in [2.75, 3.05) is 12.9 Å². The third kappa shape index (κ3) is 3.46. The molecule has 0 aliphatic carbocycles. The number of halogens is 1. The first-order valence-corrected chi connectivity index (χ1v) is 6.36. The zero-order chi connectivity index (χ0) is 9.99. The van der Waals surface area contributed by atoms with Crippen LogP contribution in [0.2, 0.25) is 0 Å². The average Bonchev–Trinajstić information content (AvgIpc) is 1.77. The van der Waals surface area contributed by atoms with Crippen molar-refractivity contribution in [1.29, 1.82) is 0 Å². The van der Waals surface area contributed by atoms with Crippen molar-refractivity contribution in [1.82, 2.24) is 0 Å². The van der Waals surface area contributed by atoms with Gasteiger partial charge in [-0.25, -0.2) is 8.42 Å². The quantitative estimate of drug-likeness (QED) is 0.651. The first kappa shape index (κ1) is 11.8. The van der Waals surface area contributed by atoms with E-state index in [4.69, 9.17) is 4.55 Å². The normalized spacial score (nSPS) is 15.9. The van der Waals surface area contributed by atoms with Crippen LogP contribution in [-0.4, -0.2) is 38.9 Å². The zero-order valence-corrected chi connectivity index (χ0v) is 7.90. The molecule has 0 amide bonds. The lowest BCUT2D eigenvalue weighted by Gasteiger charge is -2.08. The van der Waals surface area contributed by atoms with Crippen molar-refractivity contribution < 1.29 is 25.8 Å². The Kier molecular flexibility index (Phi) is 3.60. The fraction of sp³-hybridized carbons (Fsp3) is 1.00. The summed E-state index contributed by atoms with van der Waals surface area (Å²) < 4.78 is 60.1. The topological polar surface area (TPSA) is 88.5 Å². The summed E-state index contributed by atoms with van der Waals surface area (Å²) in [7, 11) is -8.68. The molecule has 0 aromatic heterocycles. The van der Waals surface area contributed by atoms with Crippen LogP contribution in [0.4, 0.5) is 4.39 Å². The predicted octanol–water partition coefficient (Wildman–Crippen LogP) is -0.395. The number of hydrogen-bond donors (Lipinski definition) is 1. The molecule has 0 bridgehead atoms. The Bertz CT molecular complexity index is 296. The van der Waals surface area contributed by atoms with Crippen molar-refractivity contribution >= 4 is 20.0 Å². The van der Waals surface area contributed by atoms with Gasteiger partial charge in [0.2, 0.25) is 0 Å². The molecular weight excluding hydrogens is 211 g/mol.